The molecule has 0 N–H and O–H groups in total. The lowest BCUT2D eigenvalue weighted by atomic mass is 10.0. The quantitative estimate of drug-likeness (QED) is 0.0462. The minimum atomic E-state index is 0.000972. The van der Waals surface area contributed by atoms with Crippen LogP contribution >= 0.6 is 23.5 Å². The van der Waals surface area contributed by atoms with E-state index in [0.717, 1.165) is 112 Å². The fourth-order valence-electron chi connectivity index (χ4n) is 8.11. The zero-order valence-corrected chi connectivity index (χ0v) is 37.2. The van der Waals surface area contributed by atoms with Crippen LogP contribution in [0.4, 0.5) is 0 Å². The van der Waals surface area contributed by atoms with Gasteiger partial charge in [0.15, 0.2) is 0 Å². The maximum absolute atomic E-state index is 12.7. The van der Waals surface area contributed by atoms with Gasteiger partial charge in [-0.15, -0.1) is 0 Å². The summed E-state index contributed by atoms with van der Waals surface area (Å²) >= 11 is 4.08. The van der Waals surface area contributed by atoms with Crippen molar-refractivity contribution in [1.82, 2.24) is 0 Å². The van der Waals surface area contributed by atoms with Crippen LogP contribution in [0, 0.1) is 0 Å². The van der Waals surface area contributed by atoms with Gasteiger partial charge in [0.25, 0.3) is 0 Å². The zero-order chi connectivity index (χ0) is 38.7. The molecule has 2 atom stereocenters. The van der Waals surface area contributed by atoms with Crippen molar-refractivity contribution in [2.75, 3.05) is 11.5 Å². The molecule has 5 nitrogen and oxygen atoms in total. The first-order valence-corrected chi connectivity index (χ1v) is 25.7. The summed E-state index contributed by atoms with van der Waals surface area (Å²) in [5.74, 6) is 2.29. The van der Waals surface area contributed by atoms with E-state index in [1.165, 1.54) is 116 Å². The fraction of sp³-hybridized carbons (Fsp3) is 0.936. The van der Waals surface area contributed by atoms with Crippen molar-refractivity contribution in [2.45, 2.75) is 268 Å². The summed E-state index contributed by atoms with van der Waals surface area (Å²) in [6.45, 7) is 4.47. The molecule has 2 saturated carbocycles. The Kier molecular flexibility index (Phi) is 32.5. The molecule has 2 fully saturated rings. The molecule has 2 unspecified atom stereocenters. The molecule has 0 amide bonds. The summed E-state index contributed by atoms with van der Waals surface area (Å²) in [4.78, 5) is 38.0. The number of thioether (sulfide) groups is 2. The van der Waals surface area contributed by atoms with Crippen molar-refractivity contribution < 1.29 is 23.9 Å². The monoisotopic (exact) mass is 795 g/mol. The molecule has 0 radical (unpaired) electrons. The molecular weight excluding hydrogens is 709 g/mol. The number of ketones is 1. The molecule has 0 saturated heterocycles. The Morgan fingerprint density at radius 2 is 0.778 bits per heavy atom. The van der Waals surface area contributed by atoms with E-state index in [0.29, 0.717) is 31.5 Å². The summed E-state index contributed by atoms with van der Waals surface area (Å²) in [5.41, 5.74) is 0. The van der Waals surface area contributed by atoms with Gasteiger partial charge < -0.3 is 9.47 Å². The second-order valence-electron chi connectivity index (χ2n) is 16.9. The zero-order valence-electron chi connectivity index (χ0n) is 35.5. The molecule has 0 aromatic heterocycles. The number of hydrogen-bond donors (Lipinski definition) is 0. The van der Waals surface area contributed by atoms with Crippen LogP contribution in [0.3, 0.4) is 0 Å². The summed E-state index contributed by atoms with van der Waals surface area (Å²) in [6.07, 6.45) is 40.6. The Balaban J connectivity index is 1.57. The van der Waals surface area contributed by atoms with Gasteiger partial charge in [-0.25, -0.2) is 0 Å². The highest BCUT2D eigenvalue weighted by Crippen LogP contribution is 2.31. The van der Waals surface area contributed by atoms with Gasteiger partial charge in [0.05, 0.1) is 0 Å². The molecule has 0 heterocycles. The lowest BCUT2D eigenvalue weighted by molar-refractivity contribution is -0.149. The molecule has 0 aromatic rings. The van der Waals surface area contributed by atoms with Crippen LogP contribution in [0.2, 0.25) is 0 Å². The van der Waals surface area contributed by atoms with E-state index in [1.54, 1.807) is 0 Å². The topological polar surface area (TPSA) is 69.7 Å². The maximum Gasteiger partial charge on any atom is 0.306 e. The summed E-state index contributed by atoms with van der Waals surface area (Å²) < 4.78 is 12.1. The number of hydrogen-bond acceptors (Lipinski definition) is 7. The number of esters is 2. The predicted molar refractivity (Wildman–Crippen MR) is 235 cm³/mol. The smallest absolute Gasteiger partial charge is 0.306 e. The van der Waals surface area contributed by atoms with Gasteiger partial charge in [0.2, 0.25) is 0 Å². The van der Waals surface area contributed by atoms with E-state index < -0.39 is 0 Å². The molecule has 2 aliphatic rings. The Bertz CT molecular complexity index is 831. The van der Waals surface area contributed by atoms with Crippen molar-refractivity contribution in [1.29, 1.82) is 0 Å². The van der Waals surface area contributed by atoms with Crippen LogP contribution in [-0.2, 0) is 23.9 Å². The summed E-state index contributed by atoms with van der Waals surface area (Å²) in [6, 6.07) is 0. The van der Waals surface area contributed by atoms with E-state index in [9.17, 15) is 14.4 Å². The Labute approximate surface area is 342 Å². The first-order chi connectivity index (χ1) is 26.5. The van der Waals surface area contributed by atoms with E-state index in [1.807, 2.05) is 23.5 Å². The lowest BCUT2D eigenvalue weighted by Crippen LogP contribution is -2.22. The third-order valence-electron chi connectivity index (χ3n) is 11.7. The van der Waals surface area contributed by atoms with Gasteiger partial charge in [-0.1, -0.05) is 142 Å². The SMILES string of the molecule is CCCCCCCCC(=O)OC(CCCCCCC(=O)CCCCCCC(CSC1CCCCC1)OC(=O)CCCCCCCC)CSC1CCCCC1. The van der Waals surface area contributed by atoms with Gasteiger partial charge in [-0.05, 0) is 77.0 Å². The van der Waals surface area contributed by atoms with Crippen molar-refractivity contribution in [3.63, 3.8) is 0 Å². The average molecular weight is 795 g/mol. The van der Waals surface area contributed by atoms with Gasteiger partial charge in [0, 0.05) is 47.7 Å². The van der Waals surface area contributed by atoms with Crippen LogP contribution in [0.15, 0.2) is 0 Å². The fourth-order valence-corrected chi connectivity index (χ4v) is 10.9. The van der Waals surface area contributed by atoms with E-state index in [2.05, 4.69) is 13.8 Å². The Morgan fingerprint density at radius 1 is 0.444 bits per heavy atom. The summed E-state index contributed by atoms with van der Waals surface area (Å²) in [7, 11) is 0. The first kappa shape index (κ1) is 49.5. The van der Waals surface area contributed by atoms with Crippen LogP contribution < -0.4 is 0 Å². The second-order valence-corrected chi connectivity index (χ2v) is 19.6. The predicted octanol–water partition coefficient (Wildman–Crippen LogP) is 14.7. The molecule has 316 valence electrons. The molecule has 0 aromatic carbocycles. The highest BCUT2D eigenvalue weighted by molar-refractivity contribution is 8.00. The molecule has 0 aliphatic heterocycles. The number of carbonyl (C=O) groups is 3. The Morgan fingerprint density at radius 3 is 1.17 bits per heavy atom. The van der Waals surface area contributed by atoms with Crippen LogP contribution in [0.25, 0.3) is 0 Å². The number of unbranched alkanes of at least 4 members (excludes halogenated alkanes) is 16. The van der Waals surface area contributed by atoms with Crippen molar-refractivity contribution >= 4 is 41.2 Å². The maximum atomic E-state index is 12.7. The Hall–Kier alpha value is -0.690. The lowest BCUT2D eigenvalue weighted by Gasteiger charge is -2.24. The molecule has 0 bridgehead atoms. The number of ether oxygens (including phenoxy) is 2. The molecule has 0 spiro atoms. The van der Waals surface area contributed by atoms with Gasteiger partial charge in [-0.3, -0.25) is 14.4 Å². The van der Waals surface area contributed by atoms with Crippen molar-refractivity contribution in [2.24, 2.45) is 0 Å². The standard InChI is InChI=1S/C47H86O5S2/c1-3-5-7-9-11-27-37-46(49)51-42(39-53-44-33-23-17-24-34-44)31-21-15-13-19-29-41(48)30-20-14-16-22-32-43(40-54-45-35-25-18-26-36-45)52-47(50)38-28-12-10-8-6-4-2/h42-45H,3-40H2,1-2H3. The average Bonchev–Trinajstić information content (AvgIpc) is 3.18. The van der Waals surface area contributed by atoms with Crippen molar-refractivity contribution in [3.05, 3.63) is 0 Å². The highest BCUT2D eigenvalue weighted by atomic mass is 32.2. The first-order valence-electron chi connectivity index (χ1n) is 23.6. The second kappa shape index (κ2) is 35.5. The molecular formula is C47H86O5S2. The van der Waals surface area contributed by atoms with Crippen LogP contribution in [-0.4, -0.2) is 51.9 Å². The third-order valence-corrected chi connectivity index (χ3v) is 14.7. The normalized spacial score (nSPS) is 16.6. The van der Waals surface area contributed by atoms with Crippen LogP contribution in [0.5, 0.6) is 0 Å². The number of carbonyl (C=O) groups excluding carboxylic acids is 3. The highest BCUT2D eigenvalue weighted by Gasteiger charge is 2.21. The van der Waals surface area contributed by atoms with Gasteiger partial charge >= 0.3 is 11.9 Å². The third kappa shape index (κ3) is 28.7. The molecule has 2 rings (SSSR count). The van der Waals surface area contributed by atoms with Crippen molar-refractivity contribution in [3.8, 4) is 0 Å². The largest absolute Gasteiger partial charge is 0.461 e. The minimum Gasteiger partial charge on any atom is -0.461 e. The summed E-state index contributed by atoms with van der Waals surface area (Å²) in [5, 5.41) is 1.47. The van der Waals surface area contributed by atoms with Gasteiger partial charge in [0.1, 0.15) is 18.0 Å². The van der Waals surface area contributed by atoms with E-state index >= 15 is 0 Å². The van der Waals surface area contributed by atoms with Crippen LogP contribution in [0.1, 0.15) is 245 Å². The van der Waals surface area contributed by atoms with E-state index in [4.69, 9.17) is 9.47 Å². The van der Waals surface area contributed by atoms with E-state index in [-0.39, 0.29) is 24.1 Å². The molecule has 54 heavy (non-hydrogen) atoms. The minimum absolute atomic E-state index is 0.000972. The number of Topliss-reactive ketones (excluding diaryl/α,β-unsaturated/α-hetero) is 1. The molecule has 2 aliphatic carbocycles. The molecule has 7 heteroatoms. The van der Waals surface area contributed by atoms with Gasteiger partial charge in [-0.2, -0.15) is 23.5 Å². The number of rotatable bonds is 36.